The van der Waals surface area contributed by atoms with Crippen molar-refractivity contribution < 1.29 is 4.79 Å². The monoisotopic (exact) mass is 318 g/mol. The normalized spacial score (nSPS) is 20.8. The van der Waals surface area contributed by atoms with Gasteiger partial charge in [0.2, 0.25) is 0 Å². The number of carbonyl (C=O) groups excluding carboxylic acids is 1. The summed E-state index contributed by atoms with van der Waals surface area (Å²) in [4.78, 5) is 14.0. The van der Waals surface area contributed by atoms with E-state index in [0.717, 1.165) is 11.3 Å². The maximum Gasteiger partial charge on any atom is 0.159 e. The van der Waals surface area contributed by atoms with Gasteiger partial charge in [-0.3, -0.25) is 4.79 Å². The number of rotatable bonds is 2. The van der Waals surface area contributed by atoms with E-state index in [1.807, 2.05) is 41.3 Å². The van der Waals surface area contributed by atoms with E-state index < -0.39 is 0 Å². The zero-order valence-electron chi connectivity index (χ0n) is 12.6. The average molecular weight is 318 g/mol. The highest BCUT2D eigenvalue weighted by molar-refractivity contribution is 8.86. The molecule has 3 nitrogen and oxygen atoms in total. The van der Waals surface area contributed by atoms with Crippen LogP contribution in [0.5, 0.6) is 0 Å². The van der Waals surface area contributed by atoms with Crippen molar-refractivity contribution in [1.82, 2.24) is 0 Å². The lowest BCUT2D eigenvalue weighted by Crippen LogP contribution is -2.07. The molecule has 1 aromatic carbocycles. The molecular weight excluding hydrogens is 300 g/mol. The Morgan fingerprint density at radius 1 is 1.24 bits per heavy atom. The molecule has 2 aliphatic rings. The average Bonchev–Trinajstić information content (AvgIpc) is 2.97. The molecule has 0 aromatic heterocycles. The van der Waals surface area contributed by atoms with Crippen LogP contribution in [0.3, 0.4) is 0 Å². The molecule has 0 saturated carbocycles. The van der Waals surface area contributed by atoms with E-state index in [2.05, 4.69) is 36.4 Å². The van der Waals surface area contributed by atoms with Crippen LogP contribution in [-0.2, 0) is 0 Å². The van der Waals surface area contributed by atoms with Crippen molar-refractivity contribution in [3.8, 4) is 0 Å². The number of hydrogen-bond donors (Lipinski definition) is 0. The van der Waals surface area contributed by atoms with Gasteiger partial charge >= 0.3 is 0 Å². The lowest BCUT2D eigenvalue weighted by Gasteiger charge is -2.23. The van der Waals surface area contributed by atoms with Gasteiger partial charge in [-0.2, -0.15) is 5.10 Å². The van der Waals surface area contributed by atoms with Gasteiger partial charge in [0, 0.05) is 20.2 Å². The fourth-order valence-corrected chi connectivity index (χ4v) is 6.42. The highest BCUT2D eigenvalue weighted by Gasteiger charge is 2.30. The Morgan fingerprint density at radius 3 is 2.48 bits per heavy atom. The molecule has 0 N–H and O–H groups in total. The van der Waals surface area contributed by atoms with Crippen molar-refractivity contribution in [2.75, 3.05) is 4.41 Å². The molecule has 0 bridgehead atoms. The summed E-state index contributed by atoms with van der Waals surface area (Å²) in [6.07, 6.45) is 4.22. The Bertz CT molecular complexity index is 694. The van der Waals surface area contributed by atoms with Crippen LogP contribution in [-0.4, -0.2) is 16.9 Å². The summed E-state index contributed by atoms with van der Waals surface area (Å²) in [6, 6.07) is 7.68. The van der Waals surface area contributed by atoms with Gasteiger partial charge in [0.25, 0.3) is 0 Å². The Labute approximate surface area is 131 Å². The number of ketones is 1. The molecule has 0 fully saturated rings. The maximum absolute atomic E-state index is 11.4. The molecule has 2 heterocycles. The number of Topliss-reactive ketones (excluding diaryl/α,β-unsaturated/α-hetero) is 1. The highest BCUT2D eigenvalue weighted by Crippen LogP contribution is 2.54. The summed E-state index contributed by atoms with van der Waals surface area (Å²) >= 11 is 0. The molecule has 3 rings (SSSR count). The summed E-state index contributed by atoms with van der Waals surface area (Å²) in [5.41, 5.74) is 1.94. The van der Waals surface area contributed by atoms with Crippen LogP contribution in [0.15, 0.2) is 40.3 Å². The fourth-order valence-electron chi connectivity index (χ4n) is 2.03. The van der Waals surface area contributed by atoms with Gasteiger partial charge in [0.1, 0.15) is 0 Å². The third kappa shape index (κ3) is 2.72. The zero-order valence-corrected chi connectivity index (χ0v) is 14.2. The second kappa shape index (κ2) is 5.14. The molecule has 5 heteroatoms. The van der Waals surface area contributed by atoms with E-state index in [1.54, 1.807) is 6.92 Å². The molecule has 1 atom stereocenters. The maximum atomic E-state index is 11.4. The van der Waals surface area contributed by atoms with Crippen LogP contribution in [0.25, 0.3) is 0 Å². The summed E-state index contributed by atoms with van der Waals surface area (Å²) in [5, 5.41) is 4.51. The Kier molecular flexibility index (Phi) is 3.58. The van der Waals surface area contributed by atoms with Crippen LogP contribution in [0.2, 0.25) is 0 Å². The minimum absolute atomic E-state index is 0.0836. The third-order valence-electron chi connectivity index (χ3n) is 3.32. The van der Waals surface area contributed by atoms with Gasteiger partial charge in [0.15, 0.2) is 5.78 Å². The van der Waals surface area contributed by atoms with Crippen molar-refractivity contribution in [3.63, 3.8) is 0 Å². The predicted molar refractivity (Wildman–Crippen MR) is 95.1 cm³/mol. The molecule has 110 valence electrons. The first-order chi connectivity index (χ1) is 9.86. The van der Waals surface area contributed by atoms with Gasteiger partial charge in [-0.05, 0) is 53.5 Å². The van der Waals surface area contributed by atoms with Crippen LogP contribution in [0, 0.1) is 5.41 Å². The van der Waals surface area contributed by atoms with Gasteiger partial charge in [-0.25, -0.2) is 4.41 Å². The first-order valence-corrected chi connectivity index (χ1v) is 9.35. The number of hydrazone groups is 1. The summed E-state index contributed by atoms with van der Waals surface area (Å²) < 4.78 is 2.05. The van der Waals surface area contributed by atoms with Gasteiger partial charge in [-0.1, -0.05) is 20.8 Å². The Hall–Kier alpha value is -1.33. The number of allylic oxidation sites excluding steroid dienone is 2. The van der Waals surface area contributed by atoms with Crippen molar-refractivity contribution in [2.45, 2.75) is 27.7 Å². The van der Waals surface area contributed by atoms with Crippen LogP contribution >= 0.6 is 20.5 Å². The van der Waals surface area contributed by atoms with Crippen LogP contribution in [0.4, 0.5) is 5.69 Å². The topological polar surface area (TPSA) is 32.7 Å². The largest absolute Gasteiger partial charge is 0.295 e. The zero-order chi connectivity index (χ0) is 15.2. The third-order valence-corrected chi connectivity index (χ3v) is 7.65. The molecule has 0 saturated heterocycles. The molecule has 0 spiro atoms. The summed E-state index contributed by atoms with van der Waals surface area (Å²) in [6.45, 7) is 8.30. The number of carbonyl (C=O) groups is 1. The van der Waals surface area contributed by atoms with E-state index in [0.29, 0.717) is 0 Å². The molecule has 0 amide bonds. The molecule has 0 radical (unpaired) electrons. The predicted octanol–water partition coefficient (Wildman–Crippen LogP) is 4.64. The van der Waals surface area contributed by atoms with E-state index >= 15 is 0 Å². The minimum Gasteiger partial charge on any atom is -0.295 e. The number of anilines is 1. The lowest BCUT2D eigenvalue weighted by molar-refractivity contribution is 0.101. The fraction of sp³-hybridized carbons (Fsp3) is 0.312. The van der Waals surface area contributed by atoms with E-state index in [4.69, 9.17) is 0 Å². The molecule has 2 aliphatic heterocycles. The molecule has 0 aliphatic carbocycles. The summed E-state index contributed by atoms with van der Waals surface area (Å²) in [5.74, 6) is 0.0908. The standard InChI is InChI=1S/C16H18N2OS2/c1-11(19)12-5-7-13(8-6-12)18-17-10-14-9-15(16(2,3)4)20-21(14)18/h5-10H,1-4H3. The quantitative estimate of drug-likeness (QED) is 0.452. The summed E-state index contributed by atoms with van der Waals surface area (Å²) in [7, 11) is 1.80. The smallest absolute Gasteiger partial charge is 0.159 e. The van der Waals surface area contributed by atoms with Crippen molar-refractivity contribution >= 4 is 43.0 Å². The van der Waals surface area contributed by atoms with Crippen LogP contribution in [0.1, 0.15) is 38.1 Å². The highest BCUT2D eigenvalue weighted by atomic mass is 33.1. The Balaban J connectivity index is 1.85. The molecule has 1 aromatic rings. The Morgan fingerprint density at radius 2 is 1.90 bits per heavy atom. The van der Waals surface area contributed by atoms with Gasteiger partial charge < -0.3 is 0 Å². The number of benzene rings is 1. The first kappa shape index (κ1) is 14.6. The number of hydrogen-bond acceptors (Lipinski definition) is 4. The lowest BCUT2D eigenvalue weighted by atomic mass is 9.95. The molecule has 1 unspecified atom stereocenters. The minimum atomic E-state index is -0.0836. The first-order valence-electron chi connectivity index (χ1n) is 6.83. The number of nitrogens with zero attached hydrogens (tertiary/aromatic N) is 2. The SMILES string of the molecule is CC(=O)c1ccc(N2N=CC3=S2SC(C(C)(C)C)=C3)cc1. The second-order valence-corrected chi connectivity index (χ2v) is 9.48. The van der Waals surface area contributed by atoms with Gasteiger partial charge in [0.05, 0.1) is 16.8 Å². The van der Waals surface area contributed by atoms with Crippen molar-refractivity contribution in [3.05, 3.63) is 40.8 Å². The van der Waals surface area contributed by atoms with Crippen molar-refractivity contribution in [1.29, 1.82) is 0 Å². The van der Waals surface area contributed by atoms with Crippen LogP contribution < -0.4 is 4.41 Å². The molecular formula is C16H18N2OS2. The molecule has 21 heavy (non-hydrogen) atoms. The van der Waals surface area contributed by atoms with Crippen molar-refractivity contribution in [2.24, 2.45) is 10.5 Å². The van der Waals surface area contributed by atoms with E-state index in [1.165, 1.54) is 9.77 Å². The van der Waals surface area contributed by atoms with Gasteiger partial charge in [-0.15, -0.1) is 0 Å². The van der Waals surface area contributed by atoms with E-state index in [9.17, 15) is 4.79 Å². The second-order valence-electron chi connectivity index (χ2n) is 6.11. The van der Waals surface area contributed by atoms with E-state index in [-0.39, 0.29) is 20.9 Å².